The normalized spacial score (nSPS) is 11.5. The van der Waals surface area contributed by atoms with Gasteiger partial charge in [0.2, 0.25) is 0 Å². The molecule has 0 saturated carbocycles. The lowest BCUT2D eigenvalue weighted by Crippen LogP contribution is -2.10. The molecule has 6 nitrogen and oxygen atoms in total. The van der Waals surface area contributed by atoms with Gasteiger partial charge in [-0.25, -0.2) is 0 Å². The number of para-hydroxylation sites is 4. The van der Waals surface area contributed by atoms with E-state index in [-0.39, 0.29) is 0 Å². The van der Waals surface area contributed by atoms with Gasteiger partial charge in [-0.3, -0.25) is 0 Å². The summed E-state index contributed by atoms with van der Waals surface area (Å²) in [6.45, 7) is 0. The van der Waals surface area contributed by atoms with Crippen LogP contribution >= 0.6 is 0 Å². The van der Waals surface area contributed by atoms with Crippen molar-refractivity contribution in [2.45, 2.75) is 0 Å². The Hall–Kier alpha value is -19.9. The Kier molecular flexibility index (Phi) is 22.9. The fourth-order valence-corrected chi connectivity index (χ4v) is 22.1. The Morgan fingerprint density at radius 3 is 0.607 bits per heavy atom. The predicted octanol–water partition coefficient (Wildman–Crippen LogP) is 41.4. The molecule has 0 radical (unpaired) electrons. The first-order chi connectivity index (χ1) is 74.3. The number of hydrogen-bond acceptors (Lipinski definition) is 6. The molecule has 3 heterocycles. The molecule has 0 fully saturated rings. The van der Waals surface area contributed by atoms with E-state index in [1.807, 2.05) is 24.3 Å². The average Bonchev–Trinajstić information content (AvgIpc) is 1.53. The minimum Gasteiger partial charge on any atom is -0.455 e. The lowest BCUT2D eigenvalue weighted by Gasteiger charge is -2.27. The summed E-state index contributed by atoms with van der Waals surface area (Å²) in [5.41, 5.74) is 34.6. The van der Waals surface area contributed by atoms with E-state index in [0.717, 1.165) is 139 Å². The number of fused-ring (bicyclic) bond motifs is 21. The molecule has 29 aromatic rings. The number of anilines is 9. The molecule has 29 rings (SSSR count). The van der Waals surface area contributed by atoms with Gasteiger partial charge in [-0.1, -0.05) is 413 Å². The van der Waals surface area contributed by atoms with Crippen LogP contribution in [0.5, 0.6) is 0 Å². The van der Waals surface area contributed by atoms with Crippen LogP contribution in [-0.4, -0.2) is 0 Å². The number of benzene rings is 26. The van der Waals surface area contributed by atoms with Gasteiger partial charge in [0.05, 0.1) is 0 Å². The maximum Gasteiger partial charge on any atom is 0.143 e. The largest absolute Gasteiger partial charge is 0.455 e. The fraction of sp³-hybridized carbons (Fsp3) is 0. The molecule has 0 N–H and O–H groups in total. The van der Waals surface area contributed by atoms with E-state index < -0.39 is 0 Å². The summed E-state index contributed by atoms with van der Waals surface area (Å²) in [6, 6.07) is 206. The van der Waals surface area contributed by atoms with Gasteiger partial charge in [-0.15, -0.1) is 0 Å². The number of furan rings is 3. The summed E-state index contributed by atoms with van der Waals surface area (Å²) in [5.74, 6) is 0. The van der Waals surface area contributed by atoms with Crippen molar-refractivity contribution in [3.63, 3.8) is 0 Å². The lowest BCUT2D eigenvalue weighted by molar-refractivity contribution is 0.672. The predicted molar refractivity (Wildman–Crippen MR) is 634 cm³/mol. The molecule has 3 aromatic heterocycles. The van der Waals surface area contributed by atoms with Crippen LogP contribution in [0, 0.1) is 0 Å². The van der Waals surface area contributed by atoms with Gasteiger partial charge in [0.15, 0.2) is 0 Å². The number of nitrogens with zero attached hydrogens (tertiary/aromatic N) is 3. The highest BCUT2D eigenvalue weighted by molar-refractivity contribution is 6.26. The number of hydrogen-bond donors (Lipinski definition) is 0. The zero-order valence-electron chi connectivity index (χ0n) is 81.9. The second kappa shape index (κ2) is 38.6. The molecule has 0 amide bonds. The van der Waals surface area contributed by atoms with Gasteiger partial charge in [-0.2, -0.15) is 0 Å². The summed E-state index contributed by atoms with van der Waals surface area (Å²) in [7, 11) is 0. The molecule has 0 aliphatic heterocycles. The minimum absolute atomic E-state index is 0.913. The Morgan fingerprint density at radius 1 is 0.107 bits per heavy atom. The van der Waals surface area contributed by atoms with Crippen molar-refractivity contribution in [3.05, 3.63) is 576 Å². The highest BCUT2D eigenvalue weighted by Crippen LogP contribution is 2.49. The van der Waals surface area contributed by atoms with Crippen LogP contribution in [0.2, 0.25) is 0 Å². The van der Waals surface area contributed by atoms with Crippen LogP contribution in [0.1, 0.15) is 0 Å². The highest BCUT2D eigenvalue weighted by atomic mass is 16.3. The second-order valence-electron chi connectivity index (χ2n) is 38.5. The van der Waals surface area contributed by atoms with Crippen molar-refractivity contribution in [1.82, 2.24) is 0 Å². The maximum absolute atomic E-state index is 6.54. The fourth-order valence-electron chi connectivity index (χ4n) is 22.1. The molecule has 0 aliphatic carbocycles. The van der Waals surface area contributed by atoms with E-state index in [4.69, 9.17) is 13.3 Å². The van der Waals surface area contributed by atoms with Gasteiger partial charge in [0.25, 0.3) is 0 Å². The first-order valence-electron chi connectivity index (χ1n) is 51.2. The van der Waals surface area contributed by atoms with Gasteiger partial charge >= 0.3 is 0 Å². The van der Waals surface area contributed by atoms with E-state index >= 15 is 0 Å². The average molecular weight is 1920 g/mol. The molecule has 0 bridgehead atoms. The van der Waals surface area contributed by atoms with Crippen molar-refractivity contribution in [3.8, 4) is 89.0 Å². The minimum atomic E-state index is 0.913. The maximum atomic E-state index is 6.54. The quantitative estimate of drug-likeness (QED) is 0.0847. The Morgan fingerprint density at radius 2 is 0.307 bits per heavy atom. The van der Waals surface area contributed by atoms with Crippen LogP contribution < -0.4 is 14.7 Å². The topological polar surface area (TPSA) is 49.1 Å². The molecule has 704 valence electrons. The second-order valence-corrected chi connectivity index (χ2v) is 38.5. The van der Waals surface area contributed by atoms with Crippen LogP contribution in [0.15, 0.2) is 590 Å². The first-order valence-corrected chi connectivity index (χ1v) is 51.2. The molecule has 0 aliphatic rings. The lowest BCUT2D eigenvalue weighted by atomic mass is 9.96. The van der Waals surface area contributed by atoms with Crippen LogP contribution in [-0.2, 0) is 0 Å². The SMILES string of the molecule is c1ccc(-c2ccc(N(c3cc(-c4ccccc4)cc(-c4ccccc4)c3)c3ccc4c(ccc5ccc6c7ccccc7oc6c54)c3)cc2)cc1.c1ccc(-c2ccc(N(c3ccc(-c4cccc(-c5ccccc5)c4)cc3)c3ccc4c(ccc5ccc6c7ccccc7oc6c54)c3)cc2)cc1.c1ccc(-c2cccc(-c3ccc(N(c4ccccc4)c4ccc5c(ccc6ccc7c8ccccc8oc7c65)c4)cc3)c2)cc1. The van der Waals surface area contributed by atoms with E-state index in [0.29, 0.717) is 0 Å². The van der Waals surface area contributed by atoms with Gasteiger partial charge in [-0.05, 0) is 301 Å². The number of rotatable bonds is 17. The first kappa shape index (κ1) is 89.0. The van der Waals surface area contributed by atoms with Crippen LogP contribution in [0.25, 0.3) is 219 Å². The summed E-state index contributed by atoms with van der Waals surface area (Å²) in [5, 5.41) is 20.9. The standard InChI is InChI=1S/2C50H33NO.C44H29NO/c1-4-12-34(13-5-1)37-22-25-42(26-23-37)51(44-32-40(35-14-6-2-7-15-35)30-41(33-44)36-16-8-3-9-17-36)43-27-29-45-39(31-43)21-20-38-24-28-47-46-18-10-11-19-48(46)52-50(47)49(38)45;1-3-10-34(11-4-1)36-20-25-42(26-21-36)51(43-27-22-37(23-28-43)40-15-9-14-39(32-40)35-12-5-2-6-13-35)44-29-31-45-41(33-44)19-18-38-24-30-47-46-16-7-8-17-48(46)52-50(47)49(38)45;1-3-10-30(11-4-1)33-12-9-13-34(28-33)31-20-23-37(24-21-31)45(36-14-5-2-6-15-36)38-25-27-39-35(29-38)19-18-32-22-26-41-40-16-7-8-17-42(40)46-44(41)43(32)39/h2*1-33H;1-29H. The van der Waals surface area contributed by atoms with Gasteiger partial charge < -0.3 is 28.0 Å². The summed E-state index contributed by atoms with van der Waals surface area (Å²) < 4.78 is 19.5. The molecule has 0 atom stereocenters. The molecule has 0 saturated heterocycles. The van der Waals surface area contributed by atoms with Crippen LogP contribution in [0.3, 0.4) is 0 Å². The third-order valence-corrected chi connectivity index (χ3v) is 29.5. The molecular formula is C144H95N3O3. The molecule has 0 unspecified atom stereocenters. The van der Waals surface area contributed by atoms with Crippen molar-refractivity contribution < 1.29 is 13.3 Å². The van der Waals surface area contributed by atoms with Gasteiger partial charge in [0.1, 0.15) is 33.5 Å². The van der Waals surface area contributed by atoms with Crippen LogP contribution in [0.4, 0.5) is 51.2 Å². The Balaban J connectivity index is 0.000000111. The molecule has 26 aromatic carbocycles. The highest BCUT2D eigenvalue weighted by Gasteiger charge is 2.25. The molecule has 0 spiro atoms. The van der Waals surface area contributed by atoms with E-state index in [1.165, 1.54) is 132 Å². The third-order valence-electron chi connectivity index (χ3n) is 29.5. The van der Waals surface area contributed by atoms with Crippen molar-refractivity contribution in [1.29, 1.82) is 0 Å². The van der Waals surface area contributed by atoms with Crippen molar-refractivity contribution >= 4 is 182 Å². The Labute approximate surface area is 868 Å². The zero-order valence-corrected chi connectivity index (χ0v) is 81.9. The molecular weight excluding hydrogens is 1820 g/mol. The van der Waals surface area contributed by atoms with E-state index in [2.05, 4.69) is 567 Å². The molecule has 150 heavy (non-hydrogen) atoms. The third kappa shape index (κ3) is 16.9. The Bertz CT molecular complexity index is 10000. The van der Waals surface area contributed by atoms with Crippen molar-refractivity contribution in [2.75, 3.05) is 14.7 Å². The monoisotopic (exact) mass is 1910 g/mol. The molecule has 6 heteroatoms. The summed E-state index contributed by atoms with van der Waals surface area (Å²) in [4.78, 5) is 7.07. The van der Waals surface area contributed by atoms with E-state index in [1.54, 1.807) is 0 Å². The smallest absolute Gasteiger partial charge is 0.143 e. The van der Waals surface area contributed by atoms with Gasteiger partial charge in [0, 0.05) is 99.7 Å². The zero-order chi connectivity index (χ0) is 99.3. The van der Waals surface area contributed by atoms with E-state index in [9.17, 15) is 0 Å². The van der Waals surface area contributed by atoms with Crippen molar-refractivity contribution in [2.24, 2.45) is 0 Å². The summed E-state index contributed by atoms with van der Waals surface area (Å²) in [6.07, 6.45) is 0. The summed E-state index contributed by atoms with van der Waals surface area (Å²) >= 11 is 0.